The first-order valence-corrected chi connectivity index (χ1v) is 13.6. The first-order chi connectivity index (χ1) is 17.7. The second-order valence-electron chi connectivity index (χ2n) is 8.76. The number of nitrogens with zero attached hydrogens (tertiary/aromatic N) is 1. The lowest BCUT2D eigenvalue weighted by Crippen LogP contribution is -2.37. The summed E-state index contributed by atoms with van der Waals surface area (Å²) in [5.74, 6) is -0.845. The maximum Gasteiger partial charge on any atom is 0.342 e. The molecule has 0 N–H and O–H groups in total. The van der Waals surface area contributed by atoms with Crippen molar-refractivity contribution in [3.8, 4) is 11.3 Å². The van der Waals surface area contributed by atoms with Gasteiger partial charge >= 0.3 is 5.97 Å². The van der Waals surface area contributed by atoms with E-state index >= 15 is 0 Å². The average molecular weight is 520 g/mol. The lowest BCUT2D eigenvalue weighted by molar-refractivity contribution is -0.117. The maximum absolute atomic E-state index is 13.9. The van der Waals surface area contributed by atoms with E-state index in [0.717, 1.165) is 9.87 Å². The second-order valence-corrected chi connectivity index (χ2v) is 10.5. The number of amides is 1. The van der Waals surface area contributed by atoms with Crippen LogP contribution in [0.25, 0.3) is 22.3 Å². The summed E-state index contributed by atoms with van der Waals surface area (Å²) < 4.78 is 39.9. The van der Waals surface area contributed by atoms with Gasteiger partial charge in [-0.2, -0.15) is 0 Å². The fourth-order valence-corrected chi connectivity index (χ4v) is 5.98. The predicted octanol–water partition coefficient (Wildman–Crippen LogP) is 6.42. The van der Waals surface area contributed by atoms with Crippen molar-refractivity contribution in [1.29, 1.82) is 0 Å². The van der Waals surface area contributed by atoms with E-state index < -0.39 is 21.9 Å². The standard InChI is InChI=1S/C29H29NO6S/c1-5-10-26(31)30(37(33,34)25-16-13-19(3)17-20(25)4)22-14-15-24-23(18-22)27(29(32)35-6-2)28(36-24)21-11-8-7-9-12-21/h7-9,11-18H,5-6,10H2,1-4H3. The number of ether oxygens (including phenoxy) is 1. The maximum atomic E-state index is 13.9. The predicted molar refractivity (Wildman–Crippen MR) is 143 cm³/mol. The van der Waals surface area contributed by atoms with Gasteiger partial charge in [0.2, 0.25) is 5.91 Å². The van der Waals surface area contributed by atoms with Crippen LogP contribution in [0.1, 0.15) is 48.2 Å². The van der Waals surface area contributed by atoms with Crippen molar-refractivity contribution in [2.45, 2.75) is 45.4 Å². The number of fused-ring (bicyclic) bond motifs is 1. The zero-order chi connectivity index (χ0) is 26.7. The number of hydrogen-bond acceptors (Lipinski definition) is 6. The molecule has 3 aromatic carbocycles. The third-order valence-corrected chi connectivity index (χ3v) is 7.87. The van der Waals surface area contributed by atoms with Crippen LogP contribution in [0.2, 0.25) is 0 Å². The third kappa shape index (κ3) is 5.02. The Morgan fingerprint density at radius 3 is 2.32 bits per heavy atom. The van der Waals surface area contributed by atoms with Gasteiger partial charge < -0.3 is 9.15 Å². The van der Waals surface area contributed by atoms with Crippen LogP contribution in [0.4, 0.5) is 5.69 Å². The molecule has 0 aliphatic rings. The van der Waals surface area contributed by atoms with E-state index in [2.05, 4.69) is 0 Å². The first-order valence-electron chi connectivity index (χ1n) is 12.1. The van der Waals surface area contributed by atoms with Gasteiger partial charge in [-0.3, -0.25) is 4.79 Å². The summed E-state index contributed by atoms with van der Waals surface area (Å²) in [6.07, 6.45) is 0.505. The zero-order valence-electron chi connectivity index (χ0n) is 21.3. The molecule has 0 atom stereocenters. The molecule has 7 nitrogen and oxygen atoms in total. The average Bonchev–Trinajstić information content (AvgIpc) is 3.23. The summed E-state index contributed by atoms with van der Waals surface area (Å²) in [5.41, 5.74) is 2.80. The van der Waals surface area contributed by atoms with Crippen LogP contribution in [0.5, 0.6) is 0 Å². The number of rotatable bonds is 8. The molecule has 4 rings (SSSR count). The Labute approximate surface area is 216 Å². The Bertz CT molecular complexity index is 1570. The summed E-state index contributed by atoms with van der Waals surface area (Å²) in [4.78, 5) is 26.3. The van der Waals surface area contributed by atoms with E-state index in [1.54, 1.807) is 32.0 Å². The van der Waals surface area contributed by atoms with Gasteiger partial charge in [0.05, 0.1) is 17.2 Å². The second kappa shape index (κ2) is 10.6. The smallest absolute Gasteiger partial charge is 0.342 e. The fourth-order valence-electron chi connectivity index (χ4n) is 4.33. The summed E-state index contributed by atoms with van der Waals surface area (Å²) in [7, 11) is -4.24. The van der Waals surface area contributed by atoms with E-state index in [1.807, 2.05) is 44.2 Å². The van der Waals surface area contributed by atoms with E-state index in [-0.39, 0.29) is 29.2 Å². The van der Waals surface area contributed by atoms with Crippen molar-refractivity contribution in [2.75, 3.05) is 10.9 Å². The molecule has 192 valence electrons. The van der Waals surface area contributed by atoms with Crippen LogP contribution < -0.4 is 4.31 Å². The quantitative estimate of drug-likeness (QED) is 0.250. The minimum absolute atomic E-state index is 0.0353. The van der Waals surface area contributed by atoms with Crippen LogP contribution in [-0.4, -0.2) is 26.9 Å². The minimum Gasteiger partial charge on any atom is -0.462 e. The van der Waals surface area contributed by atoms with Crippen molar-refractivity contribution < 1.29 is 27.2 Å². The SMILES string of the molecule is CCCC(=O)N(c1ccc2oc(-c3ccccc3)c(C(=O)OCC)c2c1)S(=O)(=O)c1ccc(C)cc1C. The highest BCUT2D eigenvalue weighted by atomic mass is 32.2. The van der Waals surface area contributed by atoms with Gasteiger partial charge in [-0.25, -0.2) is 17.5 Å². The number of anilines is 1. The van der Waals surface area contributed by atoms with Crippen LogP contribution in [0, 0.1) is 13.8 Å². The van der Waals surface area contributed by atoms with Gasteiger partial charge in [-0.15, -0.1) is 0 Å². The highest BCUT2D eigenvalue weighted by Gasteiger charge is 2.33. The number of esters is 1. The highest BCUT2D eigenvalue weighted by molar-refractivity contribution is 7.93. The molecule has 0 radical (unpaired) electrons. The number of hydrogen-bond donors (Lipinski definition) is 0. The Balaban J connectivity index is 1.96. The molecule has 0 fully saturated rings. The van der Waals surface area contributed by atoms with Crippen LogP contribution >= 0.6 is 0 Å². The normalized spacial score (nSPS) is 11.5. The molecule has 37 heavy (non-hydrogen) atoms. The number of carbonyl (C=O) groups excluding carboxylic acids is 2. The van der Waals surface area contributed by atoms with Gasteiger partial charge in [0.1, 0.15) is 16.9 Å². The van der Waals surface area contributed by atoms with E-state index in [0.29, 0.717) is 34.3 Å². The summed E-state index contributed by atoms with van der Waals surface area (Å²) >= 11 is 0. The first kappa shape index (κ1) is 26.2. The lowest BCUT2D eigenvalue weighted by atomic mass is 10.1. The molecular formula is C29H29NO6S. The van der Waals surface area contributed by atoms with Crippen molar-refractivity contribution in [2.24, 2.45) is 0 Å². The Hall–Kier alpha value is -3.91. The fraction of sp³-hybridized carbons (Fsp3) is 0.241. The molecule has 8 heteroatoms. The molecule has 0 aliphatic carbocycles. The Morgan fingerprint density at radius 2 is 1.68 bits per heavy atom. The Kier molecular flexibility index (Phi) is 7.50. The largest absolute Gasteiger partial charge is 0.462 e. The number of benzene rings is 3. The molecular weight excluding hydrogens is 490 g/mol. The van der Waals surface area contributed by atoms with E-state index in [1.165, 1.54) is 18.2 Å². The monoisotopic (exact) mass is 519 g/mol. The minimum atomic E-state index is -4.24. The molecule has 0 bridgehead atoms. The van der Waals surface area contributed by atoms with Gasteiger partial charge in [-0.05, 0) is 57.0 Å². The number of furan rings is 1. The highest BCUT2D eigenvalue weighted by Crippen LogP contribution is 2.37. The zero-order valence-corrected chi connectivity index (χ0v) is 22.1. The molecule has 0 aliphatic heterocycles. The molecule has 1 amide bonds. The summed E-state index contributed by atoms with van der Waals surface area (Å²) in [6.45, 7) is 7.24. The van der Waals surface area contributed by atoms with E-state index in [9.17, 15) is 18.0 Å². The number of aryl methyl sites for hydroxylation is 2. The van der Waals surface area contributed by atoms with Crippen molar-refractivity contribution in [3.63, 3.8) is 0 Å². The van der Waals surface area contributed by atoms with Crippen LogP contribution in [0.15, 0.2) is 76.0 Å². The van der Waals surface area contributed by atoms with Gasteiger partial charge in [0.15, 0.2) is 0 Å². The molecule has 0 spiro atoms. The molecule has 1 aromatic heterocycles. The van der Waals surface area contributed by atoms with Crippen LogP contribution in [0.3, 0.4) is 0 Å². The van der Waals surface area contributed by atoms with Gasteiger partial charge in [0, 0.05) is 17.4 Å². The van der Waals surface area contributed by atoms with Crippen molar-refractivity contribution in [1.82, 2.24) is 0 Å². The Morgan fingerprint density at radius 1 is 0.946 bits per heavy atom. The number of carbonyl (C=O) groups is 2. The lowest BCUT2D eigenvalue weighted by Gasteiger charge is -2.23. The van der Waals surface area contributed by atoms with Crippen molar-refractivity contribution >= 4 is 38.6 Å². The number of sulfonamides is 1. The third-order valence-electron chi connectivity index (χ3n) is 5.96. The molecule has 1 heterocycles. The summed E-state index contributed by atoms with van der Waals surface area (Å²) in [5, 5.41) is 0.361. The van der Waals surface area contributed by atoms with Gasteiger partial charge in [0.25, 0.3) is 10.0 Å². The van der Waals surface area contributed by atoms with Crippen LogP contribution in [-0.2, 0) is 19.6 Å². The van der Waals surface area contributed by atoms with Gasteiger partial charge in [-0.1, -0.05) is 55.0 Å². The van der Waals surface area contributed by atoms with Crippen molar-refractivity contribution in [3.05, 3.63) is 83.4 Å². The topological polar surface area (TPSA) is 93.9 Å². The molecule has 0 saturated carbocycles. The molecule has 4 aromatic rings. The molecule has 0 unspecified atom stereocenters. The van der Waals surface area contributed by atoms with E-state index in [4.69, 9.17) is 9.15 Å². The summed E-state index contributed by atoms with van der Waals surface area (Å²) in [6, 6.07) is 18.7. The molecule has 0 saturated heterocycles.